The molecule has 0 saturated heterocycles. The number of aliphatic hydroxyl groups excluding tert-OH is 1. The van der Waals surface area contributed by atoms with Crippen molar-refractivity contribution in [2.24, 2.45) is 5.73 Å². The summed E-state index contributed by atoms with van der Waals surface area (Å²) in [5.41, 5.74) is 9.60. The summed E-state index contributed by atoms with van der Waals surface area (Å²) in [7, 11) is 0. The Kier molecular flexibility index (Phi) is 9.05. The SMILES string of the molecule is CC(NC(=O)C(NC(=O)C(Cc1c[nH]c2ccccc12)NC(=O)C(N)Cc1c[nH]c2ccccc12)C(C)O)C(=O)O. The van der Waals surface area contributed by atoms with Crippen molar-refractivity contribution in [2.45, 2.75) is 57.0 Å². The Hall–Kier alpha value is -4.68. The summed E-state index contributed by atoms with van der Waals surface area (Å²) in [6, 6.07) is 10.2. The molecular formula is C29H34N6O6. The van der Waals surface area contributed by atoms with Crippen LogP contribution in [0.2, 0.25) is 0 Å². The summed E-state index contributed by atoms with van der Waals surface area (Å²) >= 11 is 0. The lowest BCUT2D eigenvalue weighted by molar-refractivity contribution is -0.142. The van der Waals surface area contributed by atoms with Gasteiger partial charge in [-0.15, -0.1) is 0 Å². The number of carbonyl (C=O) groups excluding carboxylic acids is 3. The molecule has 2 aromatic heterocycles. The summed E-state index contributed by atoms with van der Waals surface area (Å²) in [5, 5.41) is 28.6. The average molecular weight is 563 g/mol. The number of rotatable bonds is 12. The summed E-state index contributed by atoms with van der Waals surface area (Å²) in [5.74, 6) is -3.47. The molecule has 2 heterocycles. The number of hydrogen-bond donors (Lipinski definition) is 8. The lowest BCUT2D eigenvalue weighted by Gasteiger charge is -2.26. The topological polar surface area (TPSA) is 202 Å². The zero-order chi connectivity index (χ0) is 29.7. The second-order valence-corrected chi connectivity index (χ2v) is 10.1. The van der Waals surface area contributed by atoms with Crippen LogP contribution in [-0.2, 0) is 32.0 Å². The molecule has 9 N–H and O–H groups in total. The van der Waals surface area contributed by atoms with E-state index in [1.165, 1.54) is 13.8 Å². The number of aliphatic hydroxyl groups is 1. The average Bonchev–Trinajstić information content (AvgIpc) is 3.54. The number of aliphatic carboxylic acids is 1. The van der Waals surface area contributed by atoms with Crippen LogP contribution < -0.4 is 21.7 Å². The van der Waals surface area contributed by atoms with E-state index in [1.807, 2.05) is 48.5 Å². The number of para-hydroxylation sites is 2. The van der Waals surface area contributed by atoms with Crippen LogP contribution in [0.4, 0.5) is 0 Å². The number of carbonyl (C=O) groups is 4. The normalized spacial score (nSPS) is 15.0. The fraction of sp³-hybridized carbons (Fsp3) is 0.310. The molecule has 3 amide bonds. The number of amides is 3. The van der Waals surface area contributed by atoms with Crippen molar-refractivity contribution in [3.63, 3.8) is 0 Å². The van der Waals surface area contributed by atoms with Gasteiger partial charge in [0.1, 0.15) is 18.1 Å². The molecule has 5 atom stereocenters. The minimum absolute atomic E-state index is 0.0566. The summed E-state index contributed by atoms with van der Waals surface area (Å²) in [4.78, 5) is 56.9. The molecule has 0 radical (unpaired) electrons. The van der Waals surface area contributed by atoms with E-state index in [1.54, 1.807) is 12.4 Å². The number of carboxylic acid groups (broad SMARTS) is 1. The van der Waals surface area contributed by atoms with Crippen LogP contribution in [0.15, 0.2) is 60.9 Å². The van der Waals surface area contributed by atoms with Gasteiger partial charge in [0, 0.05) is 40.6 Å². The van der Waals surface area contributed by atoms with E-state index in [2.05, 4.69) is 25.9 Å². The standard InChI is InChI=1S/C29H34N6O6/c1-15(29(40)41)33-28(39)25(16(2)36)35-27(38)24(12-18-14-32-23-10-6-4-8-20(18)23)34-26(37)21(30)11-17-13-31-22-9-5-3-7-19(17)22/h3-10,13-16,21,24-25,31-32,36H,11-12,30H2,1-2H3,(H,33,39)(H,34,37)(H,35,38)(H,40,41). The van der Waals surface area contributed by atoms with E-state index in [-0.39, 0.29) is 12.8 Å². The molecule has 41 heavy (non-hydrogen) atoms. The zero-order valence-corrected chi connectivity index (χ0v) is 22.7. The van der Waals surface area contributed by atoms with Crippen molar-refractivity contribution in [3.05, 3.63) is 72.1 Å². The molecule has 0 aliphatic heterocycles. The van der Waals surface area contributed by atoms with Gasteiger partial charge in [-0.25, -0.2) is 0 Å². The first-order valence-electron chi connectivity index (χ1n) is 13.2. The molecule has 216 valence electrons. The summed E-state index contributed by atoms with van der Waals surface area (Å²) in [6.45, 7) is 2.55. The van der Waals surface area contributed by atoms with Crippen molar-refractivity contribution >= 4 is 45.5 Å². The van der Waals surface area contributed by atoms with Crippen molar-refractivity contribution in [1.29, 1.82) is 0 Å². The third-order valence-electron chi connectivity index (χ3n) is 6.98. The number of hydrogen-bond acceptors (Lipinski definition) is 6. The number of aromatic amines is 2. The first-order valence-corrected chi connectivity index (χ1v) is 13.2. The van der Waals surface area contributed by atoms with Crippen LogP contribution in [0.1, 0.15) is 25.0 Å². The summed E-state index contributed by atoms with van der Waals surface area (Å²) in [6.07, 6.45) is 2.44. The third-order valence-corrected chi connectivity index (χ3v) is 6.98. The van der Waals surface area contributed by atoms with Gasteiger partial charge in [0.05, 0.1) is 12.1 Å². The lowest BCUT2D eigenvalue weighted by Crippen LogP contribution is -2.60. The maximum absolute atomic E-state index is 13.5. The number of H-pyrrole nitrogens is 2. The fourth-order valence-corrected chi connectivity index (χ4v) is 4.66. The number of carboxylic acids is 1. The molecule has 0 aliphatic rings. The van der Waals surface area contributed by atoms with Gasteiger partial charge in [0.25, 0.3) is 0 Å². The maximum atomic E-state index is 13.5. The fourth-order valence-electron chi connectivity index (χ4n) is 4.66. The number of nitrogens with two attached hydrogens (primary N) is 1. The minimum Gasteiger partial charge on any atom is -0.480 e. The highest BCUT2D eigenvalue weighted by Gasteiger charge is 2.32. The molecule has 0 fully saturated rings. The number of aromatic nitrogens is 2. The van der Waals surface area contributed by atoms with Crippen LogP contribution in [0.5, 0.6) is 0 Å². The first-order chi connectivity index (χ1) is 19.5. The minimum atomic E-state index is -1.47. The molecule has 2 aromatic carbocycles. The molecule has 0 saturated carbocycles. The van der Waals surface area contributed by atoms with Crippen LogP contribution in [0, 0.1) is 0 Å². The zero-order valence-electron chi connectivity index (χ0n) is 22.7. The maximum Gasteiger partial charge on any atom is 0.325 e. The van der Waals surface area contributed by atoms with Gasteiger partial charge in [0.15, 0.2) is 0 Å². The second-order valence-electron chi connectivity index (χ2n) is 10.1. The van der Waals surface area contributed by atoms with Crippen LogP contribution >= 0.6 is 0 Å². The number of fused-ring (bicyclic) bond motifs is 2. The monoisotopic (exact) mass is 562 g/mol. The third kappa shape index (κ3) is 6.91. The molecule has 12 heteroatoms. The molecule has 12 nitrogen and oxygen atoms in total. The van der Waals surface area contributed by atoms with Gasteiger partial charge in [-0.1, -0.05) is 36.4 Å². The predicted molar refractivity (Wildman–Crippen MR) is 153 cm³/mol. The van der Waals surface area contributed by atoms with E-state index >= 15 is 0 Å². The molecular weight excluding hydrogens is 528 g/mol. The molecule has 4 aromatic rings. The largest absolute Gasteiger partial charge is 0.480 e. The van der Waals surface area contributed by atoms with Gasteiger partial charge in [-0.3, -0.25) is 19.2 Å². The smallest absolute Gasteiger partial charge is 0.325 e. The lowest BCUT2D eigenvalue weighted by atomic mass is 10.0. The molecule has 5 unspecified atom stereocenters. The summed E-state index contributed by atoms with van der Waals surface area (Å²) < 4.78 is 0. The van der Waals surface area contributed by atoms with Crippen molar-refractivity contribution in [2.75, 3.05) is 0 Å². The van der Waals surface area contributed by atoms with Gasteiger partial charge in [-0.2, -0.15) is 0 Å². The highest BCUT2D eigenvalue weighted by Crippen LogP contribution is 2.21. The Balaban J connectivity index is 1.54. The van der Waals surface area contributed by atoms with Crippen molar-refractivity contribution in [3.8, 4) is 0 Å². The predicted octanol–water partition coefficient (Wildman–Crippen LogP) is 0.701. The Morgan fingerprint density at radius 1 is 0.780 bits per heavy atom. The van der Waals surface area contributed by atoms with Gasteiger partial charge in [-0.05, 0) is 43.5 Å². The van der Waals surface area contributed by atoms with Crippen LogP contribution in [0.3, 0.4) is 0 Å². The van der Waals surface area contributed by atoms with Gasteiger partial charge in [0.2, 0.25) is 17.7 Å². The van der Waals surface area contributed by atoms with E-state index in [0.29, 0.717) is 0 Å². The molecule has 4 rings (SSSR count). The highest BCUT2D eigenvalue weighted by molar-refractivity contribution is 5.95. The van der Waals surface area contributed by atoms with E-state index < -0.39 is 54.0 Å². The van der Waals surface area contributed by atoms with Gasteiger partial charge < -0.3 is 41.9 Å². The van der Waals surface area contributed by atoms with E-state index in [0.717, 1.165) is 32.9 Å². The first kappa shape index (κ1) is 29.3. The van der Waals surface area contributed by atoms with Crippen molar-refractivity contribution in [1.82, 2.24) is 25.9 Å². The van der Waals surface area contributed by atoms with Crippen LogP contribution in [-0.4, -0.2) is 74.1 Å². The van der Waals surface area contributed by atoms with Gasteiger partial charge >= 0.3 is 5.97 Å². The Labute approximate surface area is 235 Å². The van der Waals surface area contributed by atoms with Crippen LogP contribution in [0.25, 0.3) is 21.8 Å². The van der Waals surface area contributed by atoms with E-state index in [9.17, 15) is 24.3 Å². The second kappa shape index (κ2) is 12.7. The Morgan fingerprint density at radius 3 is 1.85 bits per heavy atom. The molecule has 0 aliphatic carbocycles. The molecule has 0 bridgehead atoms. The Bertz CT molecular complexity index is 1560. The number of benzene rings is 2. The van der Waals surface area contributed by atoms with E-state index in [4.69, 9.17) is 10.8 Å². The molecule has 0 spiro atoms. The highest BCUT2D eigenvalue weighted by atomic mass is 16.4. The number of nitrogens with one attached hydrogen (secondary N) is 5. The van der Waals surface area contributed by atoms with Crippen molar-refractivity contribution < 1.29 is 29.4 Å². The quantitative estimate of drug-likeness (QED) is 0.124. The Morgan fingerprint density at radius 2 is 1.32 bits per heavy atom.